The Morgan fingerprint density at radius 2 is 1.70 bits per heavy atom. The average molecular weight is 424 g/mol. The highest BCUT2D eigenvalue weighted by Gasteiger charge is 2.63. The zero-order valence-corrected chi connectivity index (χ0v) is 19.0. The van der Waals surface area contributed by atoms with Crippen LogP contribution >= 0.6 is 0 Å². The Labute approximate surface area is 178 Å². The van der Waals surface area contributed by atoms with E-state index in [0.717, 1.165) is 0 Å². The van der Waals surface area contributed by atoms with Crippen LogP contribution in [0.15, 0.2) is 24.3 Å². The number of benzene rings is 1. The van der Waals surface area contributed by atoms with E-state index in [0.29, 0.717) is 11.3 Å². The number of carbonyl (C=O) groups is 2. The Morgan fingerprint density at radius 1 is 1.13 bits per heavy atom. The molecule has 1 aliphatic heterocycles. The zero-order chi connectivity index (χ0) is 22.9. The number of ether oxygens (including phenoxy) is 4. The molecule has 30 heavy (non-hydrogen) atoms. The van der Waals surface area contributed by atoms with Gasteiger partial charge in [0.05, 0.1) is 20.8 Å². The van der Waals surface area contributed by atoms with Crippen molar-refractivity contribution in [3.8, 4) is 5.75 Å². The molecular weight excluding hydrogens is 390 g/mol. The number of aliphatic hydroxyl groups is 1. The van der Waals surface area contributed by atoms with Gasteiger partial charge in [-0.15, -0.1) is 0 Å². The lowest BCUT2D eigenvalue weighted by atomic mass is 9.85. The number of rotatable bonds is 4. The lowest BCUT2D eigenvalue weighted by Crippen LogP contribution is -2.63. The van der Waals surface area contributed by atoms with Gasteiger partial charge in [-0.05, 0) is 38.5 Å². The summed E-state index contributed by atoms with van der Waals surface area (Å²) in [6.45, 7) is 10.6. The Hall–Kier alpha value is -2.32. The van der Waals surface area contributed by atoms with Crippen LogP contribution in [0.5, 0.6) is 5.75 Å². The Bertz CT molecular complexity index is 763. The van der Waals surface area contributed by atoms with Gasteiger partial charge in [0.1, 0.15) is 23.7 Å². The van der Waals surface area contributed by atoms with Gasteiger partial charge in [0.25, 0.3) is 0 Å². The summed E-state index contributed by atoms with van der Waals surface area (Å²) in [4.78, 5) is 27.6. The van der Waals surface area contributed by atoms with Crippen LogP contribution < -0.4 is 4.74 Å². The molecule has 8 heteroatoms. The van der Waals surface area contributed by atoms with E-state index in [1.54, 1.807) is 45.0 Å². The van der Waals surface area contributed by atoms with Crippen LogP contribution in [0.4, 0.5) is 4.79 Å². The van der Waals surface area contributed by atoms with E-state index in [-0.39, 0.29) is 6.61 Å². The molecule has 0 unspecified atom stereocenters. The molecule has 0 aliphatic carbocycles. The number of aliphatic hydroxyl groups excluding tert-OH is 1. The molecule has 1 heterocycles. The molecule has 3 atom stereocenters. The largest absolute Gasteiger partial charge is 0.497 e. The number of hydrogen-bond acceptors (Lipinski definition) is 7. The minimum Gasteiger partial charge on any atom is -0.497 e. The van der Waals surface area contributed by atoms with E-state index in [9.17, 15) is 14.7 Å². The second-order valence-corrected chi connectivity index (χ2v) is 9.47. The van der Waals surface area contributed by atoms with Gasteiger partial charge < -0.3 is 24.1 Å². The lowest BCUT2D eigenvalue weighted by Gasteiger charge is -2.42. The SMILES string of the molecule is COC(=O)[C@]1([C@H](O)c2ccc(OC)cc2)CO[C@H](C(C)(C)C)N1C(=O)OC(C)(C)C. The maximum Gasteiger partial charge on any atom is 0.413 e. The quantitative estimate of drug-likeness (QED) is 0.743. The molecule has 2 rings (SSSR count). The molecule has 1 aliphatic rings. The van der Waals surface area contributed by atoms with Crippen LogP contribution in [0.1, 0.15) is 53.2 Å². The molecule has 0 aromatic heterocycles. The zero-order valence-electron chi connectivity index (χ0n) is 19.0. The van der Waals surface area contributed by atoms with E-state index in [1.165, 1.54) is 19.1 Å². The van der Waals surface area contributed by atoms with Crippen molar-refractivity contribution in [2.45, 2.75) is 65.0 Å². The molecule has 0 bridgehead atoms. The molecule has 1 amide bonds. The minimum atomic E-state index is -1.82. The molecular formula is C22H33NO7. The Balaban J connectivity index is 2.62. The summed E-state index contributed by atoms with van der Waals surface area (Å²) < 4.78 is 21.7. The van der Waals surface area contributed by atoms with Crippen molar-refractivity contribution < 1.29 is 33.6 Å². The maximum absolute atomic E-state index is 13.3. The van der Waals surface area contributed by atoms with Crippen LogP contribution in [0.2, 0.25) is 0 Å². The van der Waals surface area contributed by atoms with Crippen molar-refractivity contribution in [3.63, 3.8) is 0 Å². The van der Waals surface area contributed by atoms with Gasteiger partial charge in [-0.3, -0.25) is 4.90 Å². The first-order valence-corrected chi connectivity index (χ1v) is 9.82. The summed E-state index contributed by atoms with van der Waals surface area (Å²) in [5.41, 5.74) is -2.78. The van der Waals surface area contributed by atoms with E-state index >= 15 is 0 Å². The molecule has 1 saturated heterocycles. The fourth-order valence-electron chi connectivity index (χ4n) is 3.48. The van der Waals surface area contributed by atoms with E-state index in [2.05, 4.69) is 0 Å². The third-order valence-electron chi connectivity index (χ3n) is 4.88. The number of esters is 1. The van der Waals surface area contributed by atoms with Gasteiger partial charge in [0, 0.05) is 5.41 Å². The second-order valence-electron chi connectivity index (χ2n) is 9.47. The smallest absolute Gasteiger partial charge is 0.413 e. The third-order valence-corrected chi connectivity index (χ3v) is 4.88. The van der Waals surface area contributed by atoms with E-state index in [4.69, 9.17) is 18.9 Å². The summed E-state index contributed by atoms with van der Waals surface area (Å²) in [6, 6.07) is 6.59. The highest BCUT2D eigenvalue weighted by molar-refractivity contribution is 5.88. The first kappa shape index (κ1) is 24.0. The highest BCUT2D eigenvalue weighted by atomic mass is 16.6. The van der Waals surface area contributed by atoms with Crippen LogP contribution in [0.3, 0.4) is 0 Å². The molecule has 168 valence electrons. The highest BCUT2D eigenvalue weighted by Crippen LogP contribution is 2.45. The lowest BCUT2D eigenvalue weighted by molar-refractivity contribution is -0.162. The first-order chi connectivity index (χ1) is 13.8. The number of nitrogens with zero attached hydrogens (tertiary/aromatic N) is 1. The Kier molecular flexibility index (Phi) is 6.73. The fourth-order valence-corrected chi connectivity index (χ4v) is 3.48. The second kappa shape index (κ2) is 8.43. The Morgan fingerprint density at radius 3 is 2.13 bits per heavy atom. The molecule has 0 spiro atoms. The average Bonchev–Trinajstić information content (AvgIpc) is 3.07. The number of amides is 1. The summed E-state index contributed by atoms with van der Waals surface area (Å²) in [5, 5.41) is 11.4. The summed E-state index contributed by atoms with van der Waals surface area (Å²) in [6.07, 6.45) is -3.01. The summed E-state index contributed by atoms with van der Waals surface area (Å²) >= 11 is 0. The number of hydrogen-bond donors (Lipinski definition) is 1. The first-order valence-electron chi connectivity index (χ1n) is 9.82. The van der Waals surface area contributed by atoms with Crippen molar-refractivity contribution in [2.75, 3.05) is 20.8 Å². The van der Waals surface area contributed by atoms with Crippen LogP contribution in [-0.2, 0) is 19.0 Å². The number of carbonyl (C=O) groups excluding carboxylic acids is 2. The fraction of sp³-hybridized carbons (Fsp3) is 0.636. The van der Waals surface area contributed by atoms with Gasteiger partial charge >= 0.3 is 12.1 Å². The van der Waals surface area contributed by atoms with E-state index in [1.807, 2.05) is 20.8 Å². The van der Waals surface area contributed by atoms with Crippen molar-refractivity contribution in [2.24, 2.45) is 5.41 Å². The van der Waals surface area contributed by atoms with Crippen molar-refractivity contribution in [3.05, 3.63) is 29.8 Å². The molecule has 8 nitrogen and oxygen atoms in total. The van der Waals surface area contributed by atoms with Crippen molar-refractivity contribution >= 4 is 12.1 Å². The molecule has 1 N–H and O–H groups in total. The van der Waals surface area contributed by atoms with Crippen molar-refractivity contribution in [1.82, 2.24) is 4.90 Å². The summed E-state index contributed by atoms with van der Waals surface area (Å²) in [5.74, 6) is -0.194. The number of methoxy groups -OCH3 is 2. The minimum absolute atomic E-state index is 0.242. The summed E-state index contributed by atoms with van der Waals surface area (Å²) in [7, 11) is 2.74. The molecule has 0 saturated carbocycles. The van der Waals surface area contributed by atoms with Gasteiger partial charge in [0.15, 0.2) is 5.54 Å². The van der Waals surface area contributed by atoms with Gasteiger partial charge in [-0.25, -0.2) is 9.59 Å². The monoisotopic (exact) mass is 423 g/mol. The predicted octanol–water partition coefficient (Wildman–Crippen LogP) is 3.28. The van der Waals surface area contributed by atoms with Crippen LogP contribution in [0.25, 0.3) is 0 Å². The standard InChI is InChI=1S/C22H33NO7/c1-20(2,3)17-23(19(26)30-21(4,5)6)22(13-29-17,18(25)28-8)16(24)14-9-11-15(27-7)12-10-14/h9-12,16-17,24H,13H2,1-8H3/t16-,17-,22-/m1/s1. The predicted molar refractivity (Wildman–Crippen MR) is 110 cm³/mol. The normalized spacial score (nSPS) is 23.1. The van der Waals surface area contributed by atoms with Gasteiger partial charge in [0.2, 0.25) is 0 Å². The molecule has 0 radical (unpaired) electrons. The van der Waals surface area contributed by atoms with Crippen LogP contribution in [0, 0.1) is 5.41 Å². The maximum atomic E-state index is 13.3. The third kappa shape index (κ3) is 4.54. The molecule has 1 aromatic rings. The topological polar surface area (TPSA) is 94.5 Å². The molecule has 1 fully saturated rings. The van der Waals surface area contributed by atoms with Crippen molar-refractivity contribution in [1.29, 1.82) is 0 Å². The van der Waals surface area contributed by atoms with Crippen LogP contribution in [-0.4, -0.2) is 60.3 Å². The van der Waals surface area contributed by atoms with E-state index < -0.39 is 40.9 Å². The molecule has 1 aromatic carbocycles. The van der Waals surface area contributed by atoms with Gasteiger partial charge in [-0.2, -0.15) is 0 Å². The van der Waals surface area contributed by atoms with Gasteiger partial charge in [-0.1, -0.05) is 32.9 Å².